The predicted octanol–water partition coefficient (Wildman–Crippen LogP) is 0.407. The topological polar surface area (TPSA) is 42.7 Å². The average Bonchev–Trinajstić information content (AvgIpc) is 2.47. The van der Waals surface area contributed by atoms with E-state index in [9.17, 15) is 0 Å². The minimum absolute atomic E-state index is 0.810. The fourth-order valence-electron chi connectivity index (χ4n) is 0.917. The summed E-state index contributed by atoms with van der Waals surface area (Å²) >= 11 is 0. The van der Waals surface area contributed by atoms with Gasteiger partial charge < -0.3 is 9.88 Å². The number of aromatic nitrogens is 3. The van der Waals surface area contributed by atoms with E-state index in [0.717, 1.165) is 25.5 Å². The van der Waals surface area contributed by atoms with Gasteiger partial charge >= 0.3 is 0 Å². The molecular formula is C7H14N4. The molecule has 62 valence electrons. The van der Waals surface area contributed by atoms with Crippen LogP contribution in [0.1, 0.15) is 19.7 Å². The molecule has 1 N–H and O–H groups in total. The first-order valence-corrected chi connectivity index (χ1v) is 3.95. The van der Waals surface area contributed by atoms with Crippen molar-refractivity contribution < 1.29 is 0 Å². The number of nitrogens with one attached hydrogen (secondary N) is 1. The smallest absolute Gasteiger partial charge is 0.146 e. The van der Waals surface area contributed by atoms with Gasteiger partial charge in [0, 0.05) is 6.54 Å². The van der Waals surface area contributed by atoms with Gasteiger partial charge in [-0.15, -0.1) is 10.2 Å². The molecule has 0 saturated heterocycles. The van der Waals surface area contributed by atoms with Crippen LogP contribution in [-0.2, 0) is 13.1 Å². The second-order valence-electron chi connectivity index (χ2n) is 2.31. The highest BCUT2D eigenvalue weighted by molar-refractivity contribution is 4.83. The van der Waals surface area contributed by atoms with E-state index in [4.69, 9.17) is 0 Å². The third kappa shape index (κ3) is 2.01. The standard InChI is InChI=1S/C7H14N4/c1-3-8-5-7-10-9-6-11(7)4-2/h6,8H,3-5H2,1-2H3. The van der Waals surface area contributed by atoms with Gasteiger partial charge in [-0.05, 0) is 13.5 Å². The molecule has 0 aliphatic carbocycles. The molecule has 0 spiro atoms. The molecule has 0 amide bonds. The molecule has 4 nitrogen and oxygen atoms in total. The van der Waals surface area contributed by atoms with Crippen LogP contribution in [0, 0.1) is 0 Å². The van der Waals surface area contributed by atoms with E-state index >= 15 is 0 Å². The van der Waals surface area contributed by atoms with Crippen LogP contribution in [0.25, 0.3) is 0 Å². The van der Waals surface area contributed by atoms with Gasteiger partial charge in [-0.2, -0.15) is 0 Å². The van der Waals surface area contributed by atoms with Gasteiger partial charge in [0.05, 0.1) is 6.54 Å². The average molecular weight is 154 g/mol. The van der Waals surface area contributed by atoms with E-state index in [1.165, 1.54) is 0 Å². The van der Waals surface area contributed by atoms with Crippen LogP contribution in [0.15, 0.2) is 6.33 Å². The molecule has 4 heteroatoms. The van der Waals surface area contributed by atoms with Crippen molar-refractivity contribution in [3.05, 3.63) is 12.2 Å². The second kappa shape index (κ2) is 4.08. The van der Waals surface area contributed by atoms with E-state index in [1.807, 2.05) is 4.57 Å². The van der Waals surface area contributed by atoms with E-state index < -0.39 is 0 Å². The maximum atomic E-state index is 3.98. The first kappa shape index (κ1) is 8.20. The van der Waals surface area contributed by atoms with Gasteiger partial charge in [0.15, 0.2) is 0 Å². The van der Waals surface area contributed by atoms with Crippen molar-refractivity contribution in [3.63, 3.8) is 0 Å². The van der Waals surface area contributed by atoms with E-state index in [-0.39, 0.29) is 0 Å². The third-order valence-electron chi connectivity index (χ3n) is 1.57. The van der Waals surface area contributed by atoms with Crippen molar-refractivity contribution >= 4 is 0 Å². The minimum Gasteiger partial charge on any atom is -0.317 e. The molecule has 0 aliphatic rings. The molecule has 0 fully saturated rings. The van der Waals surface area contributed by atoms with Crippen molar-refractivity contribution in [1.82, 2.24) is 20.1 Å². The lowest BCUT2D eigenvalue weighted by atomic mass is 10.5. The summed E-state index contributed by atoms with van der Waals surface area (Å²) in [5, 5.41) is 11.0. The van der Waals surface area contributed by atoms with Crippen molar-refractivity contribution in [2.75, 3.05) is 6.54 Å². The number of rotatable bonds is 4. The fourth-order valence-corrected chi connectivity index (χ4v) is 0.917. The molecule has 1 heterocycles. The number of hydrogen-bond donors (Lipinski definition) is 1. The first-order valence-electron chi connectivity index (χ1n) is 3.95. The van der Waals surface area contributed by atoms with E-state index in [2.05, 4.69) is 29.4 Å². The molecule has 1 aromatic rings. The highest BCUT2D eigenvalue weighted by atomic mass is 15.3. The summed E-state index contributed by atoms with van der Waals surface area (Å²) < 4.78 is 2.03. The zero-order valence-corrected chi connectivity index (χ0v) is 7.04. The van der Waals surface area contributed by atoms with Crippen LogP contribution in [0.5, 0.6) is 0 Å². The molecule has 0 unspecified atom stereocenters. The normalized spacial score (nSPS) is 10.4. The Bertz CT molecular complexity index is 206. The van der Waals surface area contributed by atoms with Crippen LogP contribution in [-0.4, -0.2) is 21.3 Å². The van der Waals surface area contributed by atoms with E-state index in [0.29, 0.717) is 0 Å². The summed E-state index contributed by atoms with van der Waals surface area (Å²) in [7, 11) is 0. The van der Waals surface area contributed by atoms with Gasteiger partial charge in [-0.25, -0.2) is 0 Å². The predicted molar refractivity (Wildman–Crippen MR) is 43.1 cm³/mol. The maximum absolute atomic E-state index is 3.98. The van der Waals surface area contributed by atoms with Crippen molar-refractivity contribution in [2.24, 2.45) is 0 Å². The molecule has 0 saturated carbocycles. The monoisotopic (exact) mass is 154 g/mol. The van der Waals surface area contributed by atoms with Crippen LogP contribution in [0.2, 0.25) is 0 Å². The Labute approximate surface area is 66.6 Å². The molecule has 0 atom stereocenters. The first-order chi connectivity index (χ1) is 5.38. The SMILES string of the molecule is CCNCc1nncn1CC. The molecule has 0 aliphatic heterocycles. The summed E-state index contributed by atoms with van der Waals surface area (Å²) in [6.45, 7) is 6.88. The lowest BCUT2D eigenvalue weighted by Crippen LogP contribution is -2.15. The van der Waals surface area contributed by atoms with Gasteiger partial charge in [0.25, 0.3) is 0 Å². The Morgan fingerprint density at radius 1 is 1.55 bits per heavy atom. The largest absolute Gasteiger partial charge is 0.317 e. The zero-order chi connectivity index (χ0) is 8.10. The number of nitrogens with zero attached hydrogens (tertiary/aromatic N) is 3. The van der Waals surface area contributed by atoms with Gasteiger partial charge in [0.2, 0.25) is 0 Å². The van der Waals surface area contributed by atoms with Crippen LogP contribution in [0.3, 0.4) is 0 Å². The molecule has 11 heavy (non-hydrogen) atoms. The molecular weight excluding hydrogens is 140 g/mol. The van der Waals surface area contributed by atoms with Crippen molar-refractivity contribution in [3.8, 4) is 0 Å². The number of aryl methyl sites for hydroxylation is 1. The van der Waals surface area contributed by atoms with Crippen molar-refractivity contribution in [2.45, 2.75) is 26.9 Å². The molecule has 0 bridgehead atoms. The highest BCUT2D eigenvalue weighted by Gasteiger charge is 1.99. The molecule has 1 rings (SSSR count). The molecule has 0 aromatic carbocycles. The highest BCUT2D eigenvalue weighted by Crippen LogP contribution is 1.92. The minimum atomic E-state index is 0.810. The third-order valence-corrected chi connectivity index (χ3v) is 1.57. The summed E-state index contributed by atoms with van der Waals surface area (Å²) in [6.07, 6.45) is 1.76. The Kier molecular flexibility index (Phi) is 3.04. The Balaban J connectivity index is 2.54. The Morgan fingerprint density at radius 3 is 3.00 bits per heavy atom. The lowest BCUT2D eigenvalue weighted by Gasteiger charge is -2.02. The quantitative estimate of drug-likeness (QED) is 0.683. The summed E-state index contributed by atoms with van der Waals surface area (Å²) in [4.78, 5) is 0. The summed E-state index contributed by atoms with van der Waals surface area (Å²) in [5.41, 5.74) is 0. The fraction of sp³-hybridized carbons (Fsp3) is 0.714. The summed E-state index contributed by atoms with van der Waals surface area (Å²) in [6, 6.07) is 0. The Hall–Kier alpha value is -0.900. The molecule has 0 radical (unpaired) electrons. The van der Waals surface area contributed by atoms with E-state index in [1.54, 1.807) is 6.33 Å². The van der Waals surface area contributed by atoms with Gasteiger partial charge in [-0.3, -0.25) is 0 Å². The lowest BCUT2D eigenvalue weighted by molar-refractivity contribution is 0.628. The van der Waals surface area contributed by atoms with Gasteiger partial charge in [-0.1, -0.05) is 6.92 Å². The maximum Gasteiger partial charge on any atom is 0.146 e. The van der Waals surface area contributed by atoms with Crippen LogP contribution < -0.4 is 5.32 Å². The number of hydrogen-bond acceptors (Lipinski definition) is 3. The zero-order valence-electron chi connectivity index (χ0n) is 7.04. The van der Waals surface area contributed by atoms with Gasteiger partial charge in [0.1, 0.15) is 12.2 Å². The van der Waals surface area contributed by atoms with Crippen LogP contribution in [0.4, 0.5) is 0 Å². The Morgan fingerprint density at radius 2 is 2.36 bits per heavy atom. The van der Waals surface area contributed by atoms with Crippen LogP contribution >= 0.6 is 0 Å². The summed E-state index contributed by atoms with van der Waals surface area (Å²) in [5.74, 6) is 1.01. The molecule has 1 aromatic heterocycles. The van der Waals surface area contributed by atoms with Crippen molar-refractivity contribution in [1.29, 1.82) is 0 Å². The second-order valence-corrected chi connectivity index (χ2v) is 2.31.